The Kier molecular flexibility index (Phi) is 6.13. The first-order chi connectivity index (χ1) is 9.04. The highest BCUT2D eigenvalue weighted by Crippen LogP contribution is 2.02. The zero-order valence-electron chi connectivity index (χ0n) is 10.8. The van der Waals surface area contributed by atoms with Crippen LogP contribution in [0.3, 0.4) is 0 Å². The standard InChI is InChI=1S/C10H17N5O3S/c1-15(5-8-11-6-12-14-8)10(18)13-7(9(16)17)3-4-19-2/h6-7H,3-5H2,1-2H3,(H,13,18)(H,16,17)(H,11,12,14)/t7-/m1/s1. The van der Waals surface area contributed by atoms with E-state index in [9.17, 15) is 9.59 Å². The van der Waals surface area contributed by atoms with E-state index in [4.69, 9.17) is 5.11 Å². The predicted octanol–water partition coefficient (Wildman–Crippen LogP) is 0.152. The number of carboxylic acids is 1. The van der Waals surface area contributed by atoms with Crippen LogP contribution in [0.4, 0.5) is 4.79 Å². The number of amides is 2. The molecule has 1 heterocycles. The molecule has 0 aliphatic rings. The van der Waals surface area contributed by atoms with Gasteiger partial charge in [0.1, 0.15) is 18.2 Å². The quantitative estimate of drug-likeness (QED) is 0.658. The number of hydrogen-bond donors (Lipinski definition) is 3. The molecular weight excluding hydrogens is 270 g/mol. The third-order valence-corrected chi connectivity index (χ3v) is 3.05. The van der Waals surface area contributed by atoms with Gasteiger partial charge >= 0.3 is 12.0 Å². The highest BCUT2D eigenvalue weighted by atomic mass is 32.2. The van der Waals surface area contributed by atoms with E-state index in [1.165, 1.54) is 23.0 Å². The third kappa shape index (κ3) is 5.16. The fourth-order valence-corrected chi connectivity index (χ4v) is 1.83. The molecule has 19 heavy (non-hydrogen) atoms. The van der Waals surface area contributed by atoms with Crippen molar-refractivity contribution in [2.75, 3.05) is 19.1 Å². The van der Waals surface area contributed by atoms with Crippen LogP contribution in [-0.4, -0.2) is 62.3 Å². The number of carbonyl (C=O) groups excluding carboxylic acids is 1. The van der Waals surface area contributed by atoms with Crippen molar-refractivity contribution >= 4 is 23.8 Å². The molecule has 1 rings (SSSR count). The molecule has 0 aliphatic carbocycles. The van der Waals surface area contributed by atoms with Crippen molar-refractivity contribution in [3.05, 3.63) is 12.2 Å². The Balaban J connectivity index is 2.48. The Morgan fingerprint density at radius 3 is 2.89 bits per heavy atom. The number of aromatic nitrogens is 3. The van der Waals surface area contributed by atoms with Crippen LogP contribution in [0.15, 0.2) is 6.33 Å². The second-order valence-corrected chi connectivity index (χ2v) is 4.90. The summed E-state index contributed by atoms with van der Waals surface area (Å²) in [4.78, 5) is 28.1. The minimum absolute atomic E-state index is 0.237. The molecule has 106 valence electrons. The molecule has 0 aromatic carbocycles. The molecule has 3 N–H and O–H groups in total. The molecule has 0 radical (unpaired) electrons. The van der Waals surface area contributed by atoms with E-state index in [0.29, 0.717) is 18.0 Å². The number of H-pyrrole nitrogens is 1. The highest BCUT2D eigenvalue weighted by molar-refractivity contribution is 7.98. The molecule has 0 saturated carbocycles. The number of nitrogens with zero attached hydrogens (tertiary/aromatic N) is 3. The molecule has 1 atom stereocenters. The average Bonchev–Trinajstić information content (AvgIpc) is 2.86. The SMILES string of the molecule is CSCC[C@@H](NC(=O)N(C)Cc1ncn[nH]1)C(=O)O. The Morgan fingerprint density at radius 2 is 2.37 bits per heavy atom. The lowest BCUT2D eigenvalue weighted by Gasteiger charge is -2.20. The lowest BCUT2D eigenvalue weighted by Crippen LogP contribution is -2.46. The van der Waals surface area contributed by atoms with Gasteiger partial charge in [0.25, 0.3) is 0 Å². The van der Waals surface area contributed by atoms with Crippen molar-refractivity contribution in [3.8, 4) is 0 Å². The zero-order valence-corrected chi connectivity index (χ0v) is 11.6. The van der Waals surface area contributed by atoms with Crippen LogP contribution in [0, 0.1) is 0 Å². The molecule has 0 bridgehead atoms. The fraction of sp³-hybridized carbons (Fsp3) is 0.600. The first-order valence-corrected chi connectivity index (χ1v) is 7.01. The molecule has 1 aromatic rings. The summed E-state index contributed by atoms with van der Waals surface area (Å²) in [6.07, 6.45) is 3.62. The molecule has 8 nitrogen and oxygen atoms in total. The number of aliphatic carboxylic acids is 1. The zero-order chi connectivity index (χ0) is 14.3. The van der Waals surface area contributed by atoms with Gasteiger partial charge in [0.2, 0.25) is 0 Å². The molecule has 0 unspecified atom stereocenters. The molecule has 2 amide bonds. The maximum atomic E-state index is 11.8. The van der Waals surface area contributed by atoms with Crippen LogP contribution < -0.4 is 5.32 Å². The molecule has 0 fully saturated rings. The third-order valence-electron chi connectivity index (χ3n) is 2.41. The predicted molar refractivity (Wildman–Crippen MR) is 70.8 cm³/mol. The van der Waals surface area contributed by atoms with Crippen molar-refractivity contribution in [2.24, 2.45) is 0 Å². The van der Waals surface area contributed by atoms with E-state index in [1.54, 1.807) is 7.05 Å². The summed E-state index contributed by atoms with van der Waals surface area (Å²) in [6, 6.07) is -1.33. The van der Waals surface area contributed by atoms with E-state index < -0.39 is 18.0 Å². The molecular formula is C10H17N5O3S. The summed E-state index contributed by atoms with van der Waals surface area (Å²) in [7, 11) is 1.56. The Bertz CT molecular complexity index is 411. The van der Waals surface area contributed by atoms with Crippen molar-refractivity contribution in [3.63, 3.8) is 0 Å². The monoisotopic (exact) mass is 287 g/mol. The molecule has 0 saturated heterocycles. The van der Waals surface area contributed by atoms with Gasteiger partial charge in [0.15, 0.2) is 0 Å². The number of aromatic amines is 1. The first-order valence-electron chi connectivity index (χ1n) is 5.62. The van der Waals surface area contributed by atoms with Crippen molar-refractivity contribution < 1.29 is 14.7 Å². The van der Waals surface area contributed by atoms with Gasteiger partial charge in [-0.05, 0) is 18.4 Å². The fourth-order valence-electron chi connectivity index (χ4n) is 1.36. The Labute approximate surface area is 115 Å². The number of rotatable bonds is 7. The minimum atomic E-state index is -1.03. The smallest absolute Gasteiger partial charge is 0.326 e. The maximum absolute atomic E-state index is 11.8. The van der Waals surface area contributed by atoms with E-state index in [2.05, 4.69) is 20.5 Å². The first kappa shape index (κ1) is 15.3. The average molecular weight is 287 g/mol. The summed E-state index contributed by atoms with van der Waals surface area (Å²) in [5, 5.41) is 17.8. The largest absolute Gasteiger partial charge is 0.480 e. The topological polar surface area (TPSA) is 111 Å². The van der Waals surface area contributed by atoms with Crippen LogP contribution in [0.2, 0.25) is 0 Å². The Hall–Kier alpha value is -1.77. The molecule has 1 aromatic heterocycles. The van der Waals surface area contributed by atoms with Crippen LogP contribution >= 0.6 is 11.8 Å². The molecule has 9 heteroatoms. The van der Waals surface area contributed by atoms with Crippen molar-refractivity contribution in [1.82, 2.24) is 25.4 Å². The number of carbonyl (C=O) groups is 2. The van der Waals surface area contributed by atoms with Gasteiger partial charge in [0, 0.05) is 7.05 Å². The molecule has 0 aliphatic heterocycles. The van der Waals surface area contributed by atoms with Gasteiger partial charge in [-0.1, -0.05) is 0 Å². The molecule has 0 spiro atoms. The van der Waals surface area contributed by atoms with Gasteiger partial charge in [-0.25, -0.2) is 14.6 Å². The summed E-state index contributed by atoms with van der Waals surface area (Å²) < 4.78 is 0. The van der Waals surface area contributed by atoms with Crippen molar-refractivity contribution in [2.45, 2.75) is 19.0 Å². The normalized spacial score (nSPS) is 11.9. The summed E-state index contributed by atoms with van der Waals surface area (Å²) in [5.41, 5.74) is 0. The second kappa shape index (κ2) is 7.62. The van der Waals surface area contributed by atoms with Crippen LogP contribution in [0.25, 0.3) is 0 Å². The van der Waals surface area contributed by atoms with Crippen molar-refractivity contribution in [1.29, 1.82) is 0 Å². The lowest BCUT2D eigenvalue weighted by atomic mass is 10.2. The van der Waals surface area contributed by atoms with Crippen LogP contribution in [0.5, 0.6) is 0 Å². The van der Waals surface area contributed by atoms with E-state index in [0.717, 1.165) is 0 Å². The summed E-state index contributed by atoms with van der Waals surface area (Å²) >= 11 is 1.54. The second-order valence-electron chi connectivity index (χ2n) is 3.91. The number of thioether (sulfide) groups is 1. The minimum Gasteiger partial charge on any atom is -0.480 e. The van der Waals surface area contributed by atoms with Gasteiger partial charge < -0.3 is 15.3 Å². The maximum Gasteiger partial charge on any atom is 0.326 e. The van der Waals surface area contributed by atoms with Gasteiger partial charge in [-0.3, -0.25) is 5.10 Å². The lowest BCUT2D eigenvalue weighted by molar-refractivity contribution is -0.139. The Morgan fingerprint density at radius 1 is 1.63 bits per heavy atom. The number of nitrogens with one attached hydrogen (secondary N) is 2. The van der Waals surface area contributed by atoms with Gasteiger partial charge in [0.05, 0.1) is 6.54 Å². The van der Waals surface area contributed by atoms with Gasteiger partial charge in [-0.2, -0.15) is 16.9 Å². The van der Waals surface area contributed by atoms with E-state index in [1.807, 2.05) is 6.26 Å². The number of hydrogen-bond acceptors (Lipinski definition) is 5. The van der Waals surface area contributed by atoms with Crippen LogP contribution in [0.1, 0.15) is 12.2 Å². The highest BCUT2D eigenvalue weighted by Gasteiger charge is 2.21. The summed E-state index contributed by atoms with van der Waals surface area (Å²) in [6.45, 7) is 0.237. The number of carboxylic acid groups (broad SMARTS) is 1. The van der Waals surface area contributed by atoms with E-state index >= 15 is 0 Å². The van der Waals surface area contributed by atoms with E-state index in [-0.39, 0.29) is 6.54 Å². The summed E-state index contributed by atoms with van der Waals surface area (Å²) in [5.74, 6) is 0.174. The van der Waals surface area contributed by atoms with Crippen LogP contribution in [-0.2, 0) is 11.3 Å². The number of urea groups is 1. The van der Waals surface area contributed by atoms with Gasteiger partial charge in [-0.15, -0.1) is 0 Å².